The third kappa shape index (κ3) is 2.28. The predicted molar refractivity (Wildman–Crippen MR) is 105 cm³/mol. The van der Waals surface area contributed by atoms with Gasteiger partial charge >= 0.3 is 0 Å². The minimum atomic E-state index is -0.721. The molecule has 5 nitrogen and oxygen atoms in total. The molecule has 3 aliphatic rings. The summed E-state index contributed by atoms with van der Waals surface area (Å²) in [6.07, 6.45) is 5.18. The number of H-pyrrole nitrogens is 1. The van der Waals surface area contributed by atoms with Gasteiger partial charge in [0.05, 0.1) is 16.6 Å². The minimum absolute atomic E-state index is 0.0194. The lowest BCUT2D eigenvalue weighted by Crippen LogP contribution is -2.55. The SMILES string of the molecule is Cc1cc(C23CC(C2)C3)c(Cl)cc1-c1cc(=O)c2c(C(N)=O)nccc2[nH]1. The van der Waals surface area contributed by atoms with Crippen LogP contribution < -0.4 is 11.2 Å². The number of primary amides is 1. The van der Waals surface area contributed by atoms with Gasteiger partial charge in [0.2, 0.25) is 0 Å². The number of nitrogens with two attached hydrogens (primary N) is 1. The van der Waals surface area contributed by atoms with Gasteiger partial charge in [0, 0.05) is 22.8 Å². The number of halogens is 1. The Morgan fingerprint density at radius 1 is 1.30 bits per heavy atom. The van der Waals surface area contributed by atoms with E-state index in [1.54, 1.807) is 6.07 Å². The highest BCUT2D eigenvalue weighted by atomic mass is 35.5. The van der Waals surface area contributed by atoms with E-state index in [1.807, 2.05) is 13.0 Å². The number of amides is 1. The summed E-state index contributed by atoms with van der Waals surface area (Å²) < 4.78 is 0. The first-order valence-electron chi connectivity index (χ1n) is 9.01. The Bertz CT molecular complexity index is 1180. The summed E-state index contributed by atoms with van der Waals surface area (Å²) in [4.78, 5) is 31.4. The van der Waals surface area contributed by atoms with E-state index in [2.05, 4.69) is 16.0 Å². The number of benzene rings is 1. The molecule has 2 aromatic heterocycles. The van der Waals surface area contributed by atoms with Crippen molar-refractivity contribution in [3.8, 4) is 11.3 Å². The number of fused-ring (bicyclic) bond motifs is 1. The van der Waals surface area contributed by atoms with Crippen molar-refractivity contribution in [2.45, 2.75) is 31.6 Å². The summed E-state index contributed by atoms with van der Waals surface area (Å²) in [6.45, 7) is 2.03. The molecule has 3 aliphatic carbocycles. The Hall–Kier alpha value is -2.66. The maximum Gasteiger partial charge on any atom is 0.268 e. The smallest absolute Gasteiger partial charge is 0.268 e. The van der Waals surface area contributed by atoms with E-state index in [9.17, 15) is 9.59 Å². The van der Waals surface area contributed by atoms with Gasteiger partial charge in [-0.1, -0.05) is 17.7 Å². The molecule has 3 aromatic rings. The summed E-state index contributed by atoms with van der Waals surface area (Å²) in [5, 5.41) is 0.963. The van der Waals surface area contributed by atoms with Crippen LogP contribution in [0.3, 0.4) is 0 Å². The quantitative estimate of drug-likeness (QED) is 0.727. The summed E-state index contributed by atoms with van der Waals surface area (Å²) in [7, 11) is 0. The van der Waals surface area contributed by atoms with E-state index in [0.29, 0.717) is 11.2 Å². The average Bonchev–Trinajstić information content (AvgIpc) is 2.54. The molecule has 1 amide bonds. The lowest BCUT2D eigenvalue weighted by atomic mass is 9.42. The molecule has 6 rings (SSSR count). The number of nitrogens with zero attached hydrogens (tertiary/aromatic N) is 1. The normalized spacial score (nSPS) is 23.0. The number of aromatic nitrogens is 2. The topological polar surface area (TPSA) is 88.8 Å². The number of carbonyl (C=O) groups excluding carboxylic acids is 1. The van der Waals surface area contributed by atoms with E-state index in [0.717, 1.165) is 22.1 Å². The van der Waals surface area contributed by atoms with Crippen LogP contribution in [0.4, 0.5) is 0 Å². The number of aromatic amines is 1. The largest absolute Gasteiger partial charge is 0.364 e. The number of carbonyl (C=O) groups is 1. The van der Waals surface area contributed by atoms with E-state index >= 15 is 0 Å². The number of nitrogens with one attached hydrogen (secondary N) is 1. The van der Waals surface area contributed by atoms with Crippen molar-refractivity contribution in [2.75, 3.05) is 0 Å². The highest BCUT2D eigenvalue weighted by molar-refractivity contribution is 6.32. The number of hydrogen-bond donors (Lipinski definition) is 2. The second-order valence-electron chi connectivity index (χ2n) is 7.90. The molecule has 2 bridgehead atoms. The van der Waals surface area contributed by atoms with Crippen molar-refractivity contribution in [3.05, 3.63) is 62.5 Å². The van der Waals surface area contributed by atoms with Crippen LogP contribution in [0.25, 0.3) is 22.2 Å². The van der Waals surface area contributed by atoms with Gasteiger partial charge in [0.1, 0.15) is 5.69 Å². The van der Waals surface area contributed by atoms with Gasteiger partial charge < -0.3 is 10.7 Å². The van der Waals surface area contributed by atoms with Crippen LogP contribution in [-0.2, 0) is 5.41 Å². The molecule has 0 spiro atoms. The lowest BCUT2D eigenvalue weighted by molar-refractivity contribution is -0.0273. The molecule has 136 valence electrons. The van der Waals surface area contributed by atoms with Crippen molar-refractivity contribution in [1.29, 1.82) is 0 Å². The summed E-state index contributed by atoms with van der Waals surface area (Å²) in [6, 6.07) is 7.26. The molecular formula is C21H18ClN3O2. The molecule has 0 aliphatic heterocycles. The van der Waals surface area contributed by atoms with Gasteiger partial charge in [-0.05, 0) is 60.8 Å². The molecule has 2 heterocycles. The summed E-state index contributed by atoms with van der Waals surface area (Å²) in [5.41, 5.74) is 9.69. The zero-order chi connectivity index (χ0) is 18.9. The van der Waals surface area contributed by atoms with Gasteiger partial charge in [-0.15, -0.1) is 0 Å². The van der Waals surface area contributed by atoms with Gasteiger partial charge in [-0.2, -0.15) is 0 Å². The van der Waals surface area contributed by atoms with Crippen molar-refractivity contribution in [3.63, 3.8) is 0 Å². The van der Waals surface area contributed by atoms with Crippen LogP contribution in [0.15, 0.2) is 35.3 Å². The highest BCUT2D eigenvalue weighted by Crippen LogP contribution is 2.66. The number of rotatable bonds is 3. The lowest BCUT2D eigenvalue weighted by Gasteiger charge is -2.62. The van der Waals surface area contributed by atoms with E-state index in [-0.39, 0.29) is 21.9 Å². The standard InChI is InChI=1S/C21H18ClN3O2/c1-10-4-13(21-7-11(8-21)9-21)14(22)5-12(10)16-6-17(26)18-15(25-16)2-3-24-19(18)20(23)27/h2-6,11H,7-9H2,1H3,(H2,23,27)(H,25,26). The molecule has 0 radical (unpaired) electrons. The highest BCUT2D eigenvalue weighted by Gasteiger charge is 2.58. The average molecular weight is 380 g/mol. The predicted octanol–water partition coefficient (Wildman–Crippen LogP) is 3.70. The number of aryl methyl sites for hydroxylation is 1. The van der Waals surface area contributed by atoms with Gasteiger partial charge in [0.15, 0.2) is 5.43 Å². The van der Waals surface area contributed by atoms with Gasteiger partial charge in [-0.3, -0.25) is 14.6 Å². The van der Waals surface area contributed by atoms with E-state index < -0.39 is 5.91 Å². The second kappa shape index (κ2) is 5.42. The zero-order valence-corrected chi connectivity index (χ0v) is 15.6. The van der Waals surface area contributed by atoms with Crippen LogP contribution in [0.5, 0.6) is 0 Å². The molecule has 3 saturated carbocycles. The van der Waals surface area contributed by atoms with E-state index in [1.165, 1.54) is 37.1 Å². The van der Waals surface area contributed by atoms with Crippen molar-refractivity contribution in [2.24, 2.45) is 11.7 Å². The third-order valence-electron chi connectivity index (χ3n) is 6.19. The monoisotopic (exact) mass is 379 g/mol. The third-order valence-corrected chi connectivity index (χ3v) is 6.50. The van der Waals surface area contributed by atoms with E-state index in [4.69, 9.17) is 17.3 Å². The molecule has 27 heavy (non-hydrogen) atoms. The van der Waals surface area contributed by atoms with Gasteiger partial charge in [-0.25, -0.2) is 0 Å². The van der Waals surface area contributed by atoms with Crippen molar-refractivity contribution in [1.82, 2.24) is 9.97 Å². The Labute approximate surface area is 160 Å². The maximum atomic E-state index is 12.7. The molecule has 0 unspecified atom stereocenters. The Kier molecular flexibility index (Phi) is 3.32. The minimum Gasteiger partial charge on any atom is -0.364 e. The van der Waals surface area contributed by atoms with Crippen LogP contribution in [0.1, 0.15) is 40.9 Å². The first-order valence-corrected chi connectivity index (χ1v) is 9.39. The second-order valence-corrected chi connectivity index (χ2v) is 8.31. The fourth-order valence-corrected chi connectivity index (χ4v) is 5.08. The van der Waals surface area contributed by atoms with Crippen molar-refractivity contribution >= 4 is 28.4 Å². The Balaban J connectivity index is 1.67. The molecule has 3 fully saturated rings. The molecule has 0 saturated heterocycles. The summed E-state index contributed by atoms with van der Waals surface area (Å²) in [5.74, 6) is 0.159. The first kappa shape index (κ1) is 16.5. The van der Waals surface area contributed by atoms with Crippen LogP contribution in [-0.4, -0.2) is 15.9 Å². The Morgan fingerprint density at radius 3 is 2.67 bits per heavy atom. The number of pyridine rings is 2. The fraction of sp³-hybridized carbons (Fsp3) is 0.286. The number of hydrogen-bond acceptors (Lipinski definition) is 3. The van der Waals surface area contributed by atoms with Crippen LogP contribution >= 0.6 is 11.6 Å². The fourth-order valence-electron chi connectivity index (χ4n) is 4.72. The zero-order valence-electron chi connectivity index (χ0n) is 14.8. The Morgan fingerprint density at radius 2 is 2.04 bits per heavy atom. The molecule has 1 aromatic carbocycles. The summed E-state index contributed by atoms with van der Waals surface area (Å²) >= 11 is 6.63. The first-order chi connectivity index (χ1) is 12.9. The molecule has 3 N–H and O–H groups in total. The van der Waals surface area contributed by atoms with Crippen LogP contribution in [0, 0.1) is 12.8 Å². The van der Waals surface area contributed by atoms with Crippen LogP contribution in [0.2, 0.25) is 5.02 Å². The molecule has 0 atom stereocenters. The molecular weight excluding hydrogens is 362 g/mol. The molecule has 6 heteroatoms. The van der Waals surface area contributed by atoms with Crippen molar-refractivity contribution < 1.29 is 4.79 Å². The maximum absolute atomic E-state index is 12.7. The van der Waals surface area contributed by atoms with Gasteiger partial charge in [0.25, 0.3) is 5.91 Å².